The summed E-state index contributed by atoms with van der Waals surface area (Å²) in [6.45, 7) is 0. The molecule has 0 heterocycles. The van der Waals surface area contributed by atoms with Crippen molar-refractivity contribution in [3.05, 3.63) is 30.3 Å². The van der Waals surface area contributed by atoms with E-state index < -0.39 is 21.7 Å². The van der Waals surface area contributed by atoms with Gasteiger partial charge in [0, 0.05) is 6.42 Å². The van der Waals surface area contributed by atoms with E-state index in [2.05, 4.69) is 0 Å². The highest BCUT2D eigenvalue weighted by Gasteiger charge is 2.26. The van der Waals surface area contributed by atoms with Crippen LogP contribution in [0.3, 0.4) is 0 Å². The van der Waals surface area contributed by atoms with Gasteiger partial charge < -0.3 is 16.2 Å². The third-order valence-electron chi connectivity index (χ3n) is 1.81. The standard InChI is InChI=1S/C9H14N2O4S/c10-8(11)6-9(16(12,13)14)15-7-4-2-1-3-5-7/h1-5,8-9H,6,10-11H2,(H,12,13,14). The minimum absolute atomic E-state index is 0.187. The summed E-state index contributed by atoms with van der Waals surface area (Å²) in [6.07, 6.45) is -1.07. The van der Waals surface area contributed by atoms with Gasteiger partial charge in [-0.05, 0) is 12.1 Å². The summed E-state index contributed by atoms with van der Waals surface area (Å²) < 4.78 is 36.0. The largest absolute Gasteiger partial charge is 0.472 e. The molecule has 6 nitrogen and oxygen atoms in total. The number of rotatable bonds is 5. The molecule has 90 valence electrons. The number of benzene rings is 1. The normalized spacial score (nSPS) is 13.8. The van der Waals surface area contributed by atoms with Gasteiger partial charge in [-0.3, -0.25) is 4.55 Å². The third kappa shape index (κ3) is 4.15. The lowest BCUT2D eigenvalue weighted by Crippen LogP contribution is -2.39. The van der Waals surface area contributed by atoms with E-state index in [1.807, 2.05) is 0 Å². The molecule has 0 saturated carbocycles. The van der Waals surface area contributed by atoms with Crippen molar-refractivity contribution in [3.63, 3.8) is 0 Å². The van der Waals surface area contributed by atoms with E-state index >= 15 is 0 Å². The molecule has 1 rings (SSSR count). The van der Waals surface area contributed by atoms with Crippen molar-refractivity contribution in [1.82, 2.24) is 0 Å². The monoisotopic (exact) mass is 246 g/mol. The van der Waals surface area contributed by atoms with Gasteiger partial charge in [-0.1, -0.05) is 18.2 Å². The summed E-state index contributed by atoms with van der Waals surface area (Å²) in [5.41, 5.74) is 9.08. The summed E-state index contributed by atoms with van der Waals surface area (Å²) in [7, 11) is -4.34. The van der Waals surface area contributed by atoms with Crippen molar-refractivity contribution in [1.29, 1.82) is 0 Å². The van der Waals surface area contributed by atoms with E-state index in [-0.39, 0.29) is 6.42 Å². The first-order chi connectivity index (χ1) is 7.39. The maximum Gasteiger partial charge on any atom is 0.303 e. The summed E-state index contributed by atoms with van der Waals surface area (Å²) in [6, 6.07) is 8.25. The second-order valence-electron chi connectivity index (χ2n) is 3.27. The van der Waals surface area contributed by atoms with Crippen molar-refractivity contribution in [3.8, 4) is 5.75 Å². The SMILES string of the molecule is NC(N)CC(Oc1ccccc1)S(=O)(=O)O. The maximum atomic E-state index is 11.0. The Balaban J connectivity index is 2.80. The number of ether oxygens (including phenoxy) is 1. The van der Waals surface area contributed by atoms with Gasteiger partial charge in [0.05, 0.1) is 6.17 Å². The average Bonchev–Trinajstić information content (AvgIpc) is 2.16. The molecule has 0 aliphatic carbocycles. The van der Waals surface area contributed by atoms with Gasteiger partial charge in [0.1, 0.15) is 5.75 Å². The van der Waals surface area contributed by atoms with Crippen molar-refractivity contribution < 1.29 is 17.7 Å². The fourth-order valence-corrected chi connectivity index (χ4v) is 1.80. The number of para-hydroxylation sites is 1. The Morgan fingerprint density at radius 2 is 1.81 bits per heavy atom. The first kappa shape index (κ1) is 12.9. The van der Waals surface area contributed by atoms with Crippen molar-refractivity contribution in [2.45, 2.75) is 18.0 Å². The highest BCUT2D eigenvalue weighted by Crippen LogP contribution is 2.15. The van der Waals surface area contributed by atoms with Crippen LogP contribution < -0.4 is 16.2 Å². The van der Waals surface area contributed by atoms with Crippen LogP contribution in [0.5, 0.6) is 5.75 Å². The molecule has 1 aromatic rings. The first-order valence-electron chi connectivity index (χ1n) is 4.59. The molecule has 0 saturated heterocycles. The van der Waals surface area contributed by atoms with E-state index in [1.165, 1.54) is 0 Å². The number of hydrogen-bond acceptors (Lipinski definition) is 5. The molecule has 0 aliphatic heterocycles. The number of nitrogens with two attached hydrogens (primary N) is 2. The lowest BCUT2D eigenvalue weighted by Gasteiger charge is -2.17. The van der Waals surface area contributed by atoms with Crippen molar-refractivity contribution in [2.24, 2.45) is 11.5 Å². The summed E-state index contributed by atoms with van der Waals surface area (Å²) in [5.74, 6) is 0.325. The van der Waals surface area contributed by atoms with Gasteiger partial charge >= 0.3 is 10.1 Å². The van der Waals surface area contributed by atoms with E-state index in [4.69, 9.17) is 20.8 Å². The van der Waals surface area contributed by atoms with Gasteiger partial charge in [0.15, 0.2) is 0 Å². The lowest BCUT2D eigenvalue weighted by molar-refractivity contribution is 0.237. The molecule has 1 unspecified atom stereocenters. The smallest absolute Gasteiger partial charge is 0.303 e. The molecular formula is C9H14N2O4S. The molecule has 0 amide bonds. The van der Waals surface area contributed by atoms with Crippen LogP contribution in [0, 0.1) is 0 Å². The number of hydrogen-bond donors (Lipinski definition) is 3. The van der Waals surface area contributed by atoms with E-state index in [0.29, 0.717) is 5.75 Å². The van der Waals surface area contributed by atoms with Crippen LogP contribution in [0.4, 0.5) is 0 Å². The van der Waals surface area contributed by atoms with Crippen LogP contribution in [0.15, 0.2) is 30.3 Å². The van der Waals surface area contributed by atoms with E-state index in [9.17, 15) is 8.42 Å². The van der Waals surface area contributed by atoms with Gasteiger partial charge in [0.25, 0.3) is 0 Å². The molecule has 5 N–H and O–H groups in total. The molecule has 16 heavy (non-hydrogen) atoms. The van der Waals surface area contributed by atoms with Crippen LogP contribution in [-0.2, 0) is 10.1 Å². The Morgan fingerprint density at radius 3 is 2.25 bits per heavy atom. The molecule has 0 spiro atoms. The average molecular weight is 246 g/mol. The zero-order valence-corrected chi connectivity index (χ0v) is 9.30. The topological polar surface area (TPSA) is 116 Å². The first-order valence-corrected chi connectivity index (χ1v) is 6.09. The quantitative estimate of drug-likeness (QED) is 0.494. The van der Waals surface area contributed by atoms with Crippen molar-refractivity contribution >= 4 is 10.1 Å². The molecule has 0 radical (unpaired) electrons. The minimum atomic E-state index is -4.34. The molecule has 1 aromatic carbocycles. The van der Waals surface area contributed by atoms with Crippen molar-refractivity contribution in [2.75, 3.05) is 0 Å². The maximum absolute atomic E-state index is 11.0. The van der Waals surface area contributed by atoms with Gasteiger partial charge in [-0.15, -0.1) is 0 Å². The Morgan fingerprint density at radius 1 is 1.25 bits per heavy atom. The Hall–Kier alpha value is -1.15. The van der Waals surface area contributed by atoms with Crippen LogP contribution >= 0.6 is 0 Å². The van der Waals surface area contributed by atoms with Crippen LogP contribution in [-0.4, -0.2) is 24.6 Å². The van der Waals surface area contributed by atoms with Gasteiger partial charge in [0.2, 0.25) is 5.44 Å². The van der Waals surface area contributed by atoms with Gasteiger partial charge in [-0.25, -0.2) is 0 Å². The molecular weight excluding hydrogens is 232 g/mol. The highest BCUT2D eigenvalue weighted by molar-refractivity contribution is 7.86. The van der Waals surface area contributed by atoms with E-state index in [0.717, 1.165) is 0 Å². The third-order valence-corrected chi connectivity index (χ3v) is 2.76. The fourth-order valence-electron chi connectivity index (χ4n) is 1.10. The Labute approximate surface area is 93.9 Å². The Kier molecular flexibility index (Phi) is 4.25. The predicted molar refractivity (Wildman–Crippen MR) is 59.2 cm³/mol. The molecule has 0 bridgehead atoms. The van der Waals surface area contributed by atoms with E-state index in [1.54, 1.807) is 30.3 Å². The zero-order chi connectivity index (χ0) is 12.2. The second-order valence-corrected chi connectivity index (χ2v) is 4.83. The van der Waals surface area contributed by atoms with Crippen LogP contribution in [0.25, 0.3) is 0 Å². The molecule has 0 aliphatic rings. The summed E-state index contributed by atoms with van der Waals surface area (Å²) >= 11 is 0. The molecule has 1 atom stereocenters. The van der Waals surface area contributed by atoms with Crippen LogP contribution in [0.1, 0.15) is 6.42 Å². The summed E-state index contributed by atoms with van der Waals surface area (Å²) in [4.78, 5) is 0. The second kappa shape index (κ2) is 5.26. The predicted octanol–water partition coefficient (Wildman–Crippen LogP) is -0.0871. The fraction of sp³-hybridized carbons (Fsp3) is 0.333. The molecule has 0 aromatic heterocycles. The molecule has 7 heteroatoms. The minimum Gasteiger partial charge on any atom is -0.472 e. The molecule has 0 fully saturated rings. The Bertz CT molecular complexity index is 418. The highest BCUT2D eigenvalue weighted by atomic mass is 32.2. The summed E-state index contributed by atoms with van der Waals surface area (Å²) in [5, 5.41) is 0. The van der Waals surface area contributed by atoms with Gasteiger partial charge in [-0.2, -0.15) is 8.42 Å². The van der Waals surface area contributed by atoms with Crippen LogP contribution in [0.2, 0.25) is 0 Å². The zero-order valence-electron chi connectivity index (χ0n) is 8.48. The lowest BCUT2D eigenvalue weighted by atomic mass is 10.3.